The normalized spacial score (nSPS) is 10.2. The van der Waals surface area contributed by atoms with Gasteiger partial charge in [-0.15, -0.1) is 0 Å². The minimum atomic E-state index is -0.712. The monoisotopic (exact) mass is 245 g/mol. The molecule has 0 spiro atoms. The minimum Gasteiger partial charge on any atom is -0.490 e. The number of rotatable bonds is 5. The van der Waals surface area contributed by atoms with Gasteiger partial charge >= 0.3 is 0 Å². The number of aryl methyl sites for hydroxylation is 1. The first kappa shape index (κ1) is 12.8. The summed E-state index contributed by atoms with van der Waals surface area (Å²) in [5.41, 5.74) is 0.145. The van der Waals surface area contributed by atoms with Crippen LogP contribution in [0.1, 0.15) is 12.0 Å². The number of thiol groups is 1. The first-order valence-corrected chi connectivity index (χ1v) is 5.37. The Bertz CT molecular complexity index is 398. The van der Waals surface area contributed by atoms with Crippen LogP contribution in [0.2, 0.25) is 0 Å². The molecule has 1 rings (SSSR count). The molecule has 0 saturated heterocycles. The van der Waals surface area contributed by atoms with Gasteiger partial charge in [-0.3, -0.25) is 10.1 Å². The number of hydrogen-bond acceptors (Lipinski definition) is 4. The van der Waals surface area contributed by atoms with Crippen LogP contribution >= 0.6 is 12.6 Å². The molecule has 0 aliphatic rings. The van der Waals surface area contributed by atoms with Gasteiger partial charge in [0.2, 0.25) is 0 Å². The van der Waals surface area contributed by atoms with E-state index in [1.165, 1.54) is 6.07 Å². The van der Waals surface area contributed by atoms with E-state index in [0.29, 0.717) is 24.3 Å². The molecule has 16 heavy (non-hydrogen) atoms. The van der Waals surface area contributed by atoms with Crippen molar-refractivity contribution in [1.29, 1.82) is 0 Å². The van der Waals surface area contributed by atoms with E-state index < -0.39 is 10.7 Å². The molecule has 0 bridgehead atoms. The number of benzene rings is 1. The molecular formula is C10H12FNO3S. The molecule has 0 amide bonds. The van der Waals surface area contributed by atoms with Crippen molar-refractivity contribution in [3.8, 4) is 5.75 Å². The second kappa shape index (κ2) is 5.69. The van der Waals surface area contributed by atoms with E-state index in [9.17, 15) is 14.5 Å². The lowest BCUT2D eigenvalue weighted by molar-refractivity contribution is -0.385. The average molecular weight is 245 g/mol. The summed E-state index contributed by atoms with van der Waals surface area (Å²) >= 11 is 3.99. The van der Waals surface area contributed by atoms with Gasteiger partial charge in [-0.2, -0.15) is 12.6 Å². The largest absolute Gasteiger partial charge is 0.490 e. The van der Waals surface area contributed by atoms with Gasteiger partial charge in [-0.25, -0.2) is 4.39 Å². The molecule has 0 atom stereocenters. The van der Waals surface area contributed by atoms with Gasteiger partial charge < -0.3 is 4.74 Å². The Morgan fingerprint density at radius 2 is 2.25 bits per heavy atom. The van der Waals surface area contributed by atoms with Crippen molar-refractivity contribution in [3.63, 3.8) is 0 Å². The third-order valence-corrected chi connectivity index (χ3v) is 2.32. The standard InChI is InChI=1S/C10H12FNO3S/c1-7-5-10(15-3-2-4-16)8(11)6-9(7)12(13)14/h5-6,16H,2-4H2,1H3. The van der Waals surface area contributed by atoms with Crippen molar-refractivity contribution in [2.24, 2.45) is 0 Å². The van der Waals surface area contributed by atoms with Gasteiger partial charge in [-0.05, 0) is 25.2 Å². The zero-order chi connectivity index (χ0) is 12.1. The zero-order valence-electron chi connectivity index (χ0n) is 8.77. The second-order valence-corrected chi connectivity index (χ2v) is 3.70. The molecule has 1 aromatic rings. The lowest BCUT2D eigenvalue weighted by Crippen LogP contribution is -2.01. The van der Waals surface area contributed by atoms with Crippen LogP contribution in [0.25, 0.3) is 0 Å². The second-order valence-electron chi connectivity index (χ2n) is 3.25. The SMILES string of the molecule is Cc1cc(OCCCS)c(F)cc1[N+](=O)[O-]. The zero-order valence-corrected chi connectivity index (χ0v) is 9.67. The summed E-state index contributed by atoms with van der Waals surface area (Å²) in [7, 11) is 0. The van der Waals surface area contributed by atoms with Crippen molar-refractivity contribution >= 4 is 18.3 Å². The Morgan fingerprint density at radius 1 is 1.56 bits per heavy atom. The highest BCUT2D eigenvalue weighted by Gasteiger charge is 2.15. The fourth-order valence-electron chi connectivity index (χ4n) is 1.20. The highest BCUT2D eigenvalue weighted by atomic mass is 32.1. The molecule has 0 aliphatic carbocycles. The maximum Gasteiger partial charge on any atom is 0.275 e. The van der Waals surface area contributed by atoms with Gasteiger partial charge in [0, 0.05) is 5.56 Å². The van der Waals surface area contributed by atoms with Crippen LogP contribution in [0, 0.1) is 22.9 Å². The summed E-state index contributed by atoms with van der Waals surface area (Å²) in [4.78, 5) is 9.92. The minimum absolute atomic E-state index is 0.0462. The van der Waals surface area contributed by atoms with Crippen LogP contribution in [0.3, 0.4) is 0 Å². The fourth-order valence-corrected chi connectivity index (χ4v) is 1.33. The molecule has 88 valence electrons. The Labute approximate surface area is 98.0 Å². The molecule has 6 heteroatoms. The average Bonchev–Trinajstić information content (AvgIpc) is 2.22. The predicted octanol–water partition coefficient (Wildman–Crippen LogP) is 2.74. The smallest absolute Gasteiger partial charge is 0.275 e. The van der Waals surface area contributed by atoms with Crippen molar-refractivity contribution in [2.45, 2.75) is 13.3 Å². The first-order chi connectivity index (χ1) is 7.56. The van der Waals surface area contributed by atoms with Crippen LogP contribution in [0.15, 0.2) is 12.1 Å². The van der Waals surface area contributed by atoms with E-state index in [2.05, 4.69) is 12.6 Å². The van der Waals surface area contributed by atoms with Gasteiger partial charge in [0.1, 0.15) is 0 Å². The van der Waals surface area contributed by atoms with Crippen molar-refractivity contribution in [3.05, 3.63) is 33.6 Å². The van der Waals surface area contributed by atoms with E-state index in [4.69, 9.17) is 4.74 Å². The molecule has 0 aliphatic heterocycles. The Hall–Kier alpha value is -1.30. The molecule has 0 aromatic heterocycles. The van der Waals surface area contributed by atoms with E-state index in [0.717, 1.165) is 6.07 Å². The summed E-state index contributed by atoms with van der Waals surface area (Å²) in [5, 5.41) is 10.5. The molecule has 1 aromatic carbocycles. The van der Waals surface area contributed by atoms with Crippen molar-refractivity contribution in [1.82, 2.24) is 0 Å². The van der Waals surface area contributed by atoms with Crippen LogP contribution in [-0.4, -0.2) is 17.3 Å². The molecular weight excluding hydrogens is 233 g/mol. The summed E-state index contributed by atoms with van der Waals surface area (Å²) in [5.74, 6) is -0.0190. The summed E-state index contributed by atoms with van der Waals surface area (Å²) < 4.78 is 18.5. The van der Waals surface area contributed by atoms with Gasteiger partial charge in [0.05, 0.1) is 17.6 Å². The van der Waals surface area contributed by atoms with Gasteiger partial charge in [0.15, 0.2) is 11.6 Å². The molecule has 0 N–H and O–H groups in total. The number of hydrogen-bond donors (Lipinski definition) is 1. The van der Waals surface area contributed by atoms with Crippen LogP contribution in [0.4, 0.5) is 10.1 Å². The maximum atomic E-state index is 13.4. The van der Waals surface area contributed by atoms with E-state index in [-0.39, 0.29) is 11.4 Å². The molecule has 0 unspecified atom stereocenters. The highest BCUT2D eigenvalue weighted by molar-refractivity contribution is 7.80. The molecule has 0 saturated carbocycles. The highest BCUT2D eigenvalue weighted by Crippen LogP contribution is 2.26. The topological polar surface area (TPSA) is 52.4 Å². The Morgan fingerprint density at radius 3 is 2.81 bits per heavy atom. The molecule has 0 radical (unpaired) electrons. The number of ether oxygens (including phenoxy) is 1. The van der Waals surface area contributed by atoms with Crippen LogP contribution < -0.4 is 4.74 Å². The van der Waals surface area contributed by atoms with Gasteiger partial charge in [-0.1, -0.05) is 0 Å². The van der Waals surface area contributed by atoms with E-state index in [1.54, 1.807) is 6.92 Å². The quantitative estimate of drug-likeness (QED) is 0.375. The third-order valence-electron chi connectivity index (χ3n) is 2.01. The Balaban J connectivity index is 2.88. The summed E-state index contributed by atoms with van der Waals surface area (Å²) in [6.45, 7) is 1.89. The van der Waals surface area contributed by atoms with E-state index in [1.807, 2.05) is 0 Å². The van der Waals surface area contributed by atoms with Crippen LogP contribution in [-0.2, 0) is 0 Å². The van der Waals surface area contributed by atoms with Crippen molar-refractivity contribution < 1.29 is 14.1 Å². The predicted molar refractivity (Wildman–Crippen MR) is 61.8 cm³/mol. The Kier molecular flexibility index (Phi) is 4.54. The summed E-state index contributed by atoms with van der Waals surface area (Å²) in [6, 6.07) is 2.22. The van der Waals surface area contributed by atoms with Crippen LogP contribution in [0.5, 0.6) is 5.75 Å². The lowest BCUT2D eigenvalue weighted by atomic mass is 10.2. The lowest BCUT2D eigenvalue weighted by Gasteiger charge is -2.07. The third kappa shape index (κ3) is 3.10. The molecule has 0 fully saturated rings. The molecule has 4 nitrogen and oxygen atoms in total. The van der Waals surface area contributed by atoms with E-state index >= 15 is 0 Å². The number of nitrogens with zero attached hydrogens (tertiary/aromatic N) is 1. The van der Waals surface area contributed by atoms with Crippen molar-refractivity contribution in [2.75, 3.05) is 12.4 Å². The summed E-state index contributed by atoms with van der Waals surface area (Å²) in [6.07, 6.45) is 0.693. The number of nitro benzene ring substituents is 1. The maximum absolute atomic E-state index is 13.4. The first-order valence-electron chi connectivity index (χ1n) is 4.74. The number of halogens is 1. The molecule has 0 heterocycles. The number of nitro groups is 1. The van der Waals surface area contributed by atoms with Gasteiger partial charge in [0.25, 0.3) is 5.69 Å². The fraction of sp³-hybridized carbons (Fsp3) is 0.400.